The molecule has 92 valence electrons. The number of phenols is 2. The van der Waals surface area contributed by atoms with Crippen molar-refractivity contribution in [3.63, 3.8) is 0 Å². The molecule has 0 spiro atoms. The van der Waals surface area contributed by atoms with Gasteiger partial charge >= 0.3 is 0 Å². The van der Waals surface area contributed by atoms with Crippen LogP contribution < -0.4 is 5.32 Å². The fourth-order valence-corrected chi connectivity index (χ4v) is 2.38. The molecule has 1 saturated carbocycles. The van der Waals surface area contributed by atoms with Gasteiger partial charge in [0.1, 0.15) is 17.1 Å². The van der Waals surface area contributed by atoms with Gasteiger partial charge < -0.3 is 15.5 Å². The maximum atomic E-state index is 12.0. The second kappa shape index (κ2) is 4.28. The van der Waals surface area contributed by atoms with Gasteiger partial charge in [0.15, 0.2) is 0 Å². The SMILES string of the molecule is CC1(NC(=O)c2c(O)cccc2O)CCCC1. The standard InChI is InChI=1S/C13H17NO3/c1-13(7-2-3-8-13)14-12(17)11-9(15)5-4-6-10(11)16/h4-6,15-16H,2-3,7-8H2,1H3,(H,14,17). The highest BCUT2D eigenvalue weighted by Gasteiger charge is 2.31. The van der Waals surface area contributed by atoms with Crippen LogP contribution in [0.2, 0.25) is 0 Å². The highest BCUT2D eigenvalue weighted by Crippen LogP contribution is 2.31. The van der Waals surface area contributed by atoms with Crippen molar-refractivity contribution in [3.05, 3.63) is 23.8 Å². The third-order valence-corrected chi connectivity index (χ3v) is 3.37. The summed E-state index contributed by atoms with van der Waals surface area (Å²) < 4.78 is 0. The molecule has 0 unspecified atom stereocenters. The van der Waals surface area contributed by atoms with Crippen molar-refractivity contribution in [1.82, 2.24) is 5.32 Å². The lowest BCUT2D eigenvalue weighted by molar-refractivity contribution is 0.0902. The molecule has 1 aliphatic carbocycles. The van der Waals surface area contributed by atoms with Crippen molar-refractivity contribution < 1.29 is 15.0 Å². The predicted molar refractivity (Wildman–Crippen MR) is 64.1 cm³/mol. The first-order valence-electron chi connectivity index (χ1n) is 5.85. The zero-order valence-corrected chi connectivity index (χ0v) is 9.86. The minimum absolute atomic E-state index is 0.0411. The molecule has 0 saturated heterocycles. The van der Waals surface area contributed by atoms with Gasteiger partial charge in [-0.3, -0.25) is 4.79 Å². The average molecular weight is 235 g/mol. The number of aromatic hydroxyl groups is 2. The molecule has 3 N–H and O–H groups in total. The van der Waals surface area contributed by atoms with E-state index in [0.717, 1.165) is 25.7 Å². The van der Waals surface area contributed by atoms with Crippen molar-refractivity contribution in [3.8, 4) is 11.5 Å². The summed E-state index contributed by atoms with van der Waals surface area (Å²) in [6.07, 6.45) is 4.08. The molecule has 0 radical (unpaired) electrons. The van der Waals surface area contributed by atoms with Gasteiger partial charge in [-0.1, -0.05) is 18.9 Å². The van der Waals surface area contributed by atoms with Gasteiger partial charge in [0.25, 0.3) is 5.91 Å². The molecule has 1 fully saturated rings. The summed E-state index contributed by atoms with van der Waals surface area (Å²) in [5, 5.41) is 22.1. The maximum absolute atomic E-state index is 12.0. The van der Waals surface area contributed by atoms with E-state index < -0.39 is 5.91 Å². The zero-order chi connectivity index (χ0) is 12.5. The molecule has 1 amide bonds. The number of phenolic OH excluding ortho intramolecular Hbond substituents is 2. The van der Waals surface area contributed by atoms with Crippen LogP contribution in [0.15, 0.2) is 18.2 Å². The third kappa shape index (κ3) is 2.35. The lowest BCUT2D eigenvalue weighted by Gasteiger charge is -2.25. The fraction of sp³-hybridized carbons (Fsp3) is 0.462. The Morgan fingerprint density at radius 3 is 2.29 bits per heavy atom. The maximum Gasteiger partial charge on any atom is 0.259 e. The van der Waals surface area contributed by atoms with E-state index in [9.17, 15) is 15.0 Å². The van der Waals surface area contributed by atoms with Crippen molar-refractivity contribution in [2.24, 2.45) is 0 Å². The Morgan fingerprint density at radius 1 is 1.24 bits per heavy atom. The molecule has 0 heterocycles. The zero-order valence-electron chi connectivity index (χ0n) is 9.86. The summed E-state index contributed by atoms with van der Waals surface area (Å²) in [6.45, 7) is 1.99. The number of hydrogen-bond donors (Lipinski definition) is 3. The van der Waals surface area contributed by atoms with Gasteiger partial charge in [-0.15, -0.1) is 0 Å². The van der Waals surface area contributed by atoms with Crippen LogP contribution in [-0.4, -0.2) is 21.7 Å². The first-order valence-corrected chi connectivity index (χ1v) is 5.85. The topological polar surface area (TPSA) is 69.6 Å². The molecule has 0 atom stereocenters. The largest absolute Gasteiger partial charge is 0.507 e. The van der Waals surface area contributed by atoms with Crippen LogP contribution in [0, 0.1) is 0 Å². The summed E-state index contributed by atoms with van der Waals surface area (Å²) in [7, 11) is 0. The van der Waals surface area contributed by atoms with Crippen LogP contribution in [0.25, 0.3) is 0 Å². The molecule has 1 aromatic carbocycles. The first-order chi connectivity index (χ1) is 8.02. The molecule has 0 bridgehead atoms. The highest BCUT2D eigenvalue weighted by molar-refractivity contribution is 5.99. The summed E-state index contributed by atoms with van der Waals surface area (Å²) in [6, 6.07) is 4.29. The van der Waals surface area contributed by atoms with E-state index in [1.165, 1.54) is 18.2 Å². The highest BCUT2D eigenvalue weighted by atomic mass is 16.3. The number of rotatable bonds is 2. The number of benzene rings is 1. The second-order valence-corrected chi connectivity index (χ2v) is 4.89. The second-order valence-electron chi connectivity index (χ2n) is 4.89. The molecule has 1 aliphatic rings. The van der Waals surface area contributed by atoms with Crippen LogP contribution in [0.3, 0.4) is 0 Å². The van der Waals surface area contributed by atoms with Gasteiger partial charge in [0.05, 0.1) is 0 Å². The van der Waals surface area contributed by atoms with Gasteiger partial charge in [0, 0.05) is 5.54 Å². The van der Waals surface area contributed by atoms with E-state index in [-0.39, 0.29) is 22.6 Å². The van der Waals surface area contributed by atoms with Gasteiger partial charge in [-0.25, -0.2) is 0 Å². The van der Waals surface area contributed by atoms with Gasteiger partial charge in [0.2, 0.25) is 0 Å². The Labute approximate surface area is 100 Å². The lowest BCUT2D eigenvalue weighted by atomic mass is 9.99. The number of carbonyl (C=O) groups excluding carboxylic acids is 1. The third-order valence-electron chi connectivity index (χ3n) is 3.37. The van der Waals surface area contributed by atoms with E-state index in [1.54, 1.807) is 0 Å². The average Bonchev–Trinajstić information content (AvgIpc) is 2.64. The molecule has 2 rings (SSSR count). The van der Waals surface area contributed by atoms with Crippen LogP contribution in [0.5, 0.6) is 11.5 Å². The smallest absolute Gasteiger partial charge is 0.259 e. The van der Waals surface area contributed by atoms with Crippen LogP contribution in [-0.2, 0) is 0 Å². The van der Waals surface area contributed by atoms with Gasteiger partial charge in [-0.2, -0.15) is 0 Å². The Morgan fingerprint density at radius 2 is 1.76 bits per heavy atom. The lowest BCUT2D eigenvalue weighted by Crippen LogP contribution is -2.43. The molecule has 4 nitrogen and oxygen atoms in total. The van der Waals surface area contributed by atoms with E-state index in [2.05, 4.69) is 5.32 Å². The summed E-state index contributed by atoms with van der Waals surface area (Å²) in [5.74, 6) is -0.793. The fourth-order valence-electron chi connectivity index (χ4n) is 2.38. The summed E-state index contributed by atoms with van der Waals surface area (Å²) >= 11 is 0. The number of carbonyl (C=O) groups is 1. The monoisotopic (exact) mass is 235 g/mol. The molecule has 1 aromatic rings. The number of nitrogens with one attached hydrogen (secondary N) is 1. The van der Waals surface area contributed by atoms with Crippen LogP contribution in [0.1, 0.15) is 43.0 Å². The van der Waals surface area contributed by atoms with E-state index in [1.807, 2.05) is 6.92 Å². The van der Waals surface area contributed by atoms with Crippen LogP contribution in [0.4, 0.5) is 0 Å². The molecule has 4 heteroatoms. The number of hydrogen-bond acceptors (Lipinski definition) is 3. The van der Waals surface area contributed by atoms with E-state index in [4.69, 9.17) is 0 Å². The van der Waals surface area contributed by atoms with Crippen molar-refractivity contribution in [2.45, 2.75) is 38.1 Å². The van der Waals surface area contributed by atoms with Gasteiger partial charge in [-0.05, 0) is 31.9 Å². The Balaban J connectivity index is 2.20. The predicted octanol–water partition coefficient (Wildman–Crippen LogP) is 2.16. The minimum Gasteiger partial charge on any atom is -0.507 e. The summed E-state index contributed by atoms with van der Waals surface area (Å²) in [4.78, 5) is 12.0. The molecule has 17 heavy (non-hydrogen) atoms. The normalized spacial score (nSPS) is 17.9. The van der Waals surface area contributed by atoms with Crippen molar-refractivity contribution in [1.29, 1.82) is 0 Å². The van der Waals surface area contributed by atoms with Crippen molar-refractivity contribution in [2.75, 3.05) is 0 Å². The summed E-state index contributed by atoms with van der Waals surface area (Å²) in [5.41, 5.74) is -0.258. The Bertz CT molecular complexity index is 416. The molecule has 0 aromatic heterocycles. The minimum atomic E-state index is -0.412. The number of amides is 1. The molecular formula is C13H17NO3. The van der Waals surface area contributed by atoms with Crippen molar-refractivity contribution >= 4 is 5.91 Å². The van der Waals surface area contributed by atoms with E-state index in [0.29, 0.717) is 0 Å². The Hall–Kier alpha value is -1.71. The quantitative estimate of drug-likeness (QED) is 0.735. The van der Waals surface area contributed by atoms with E-state index >= 15 is 0 Å². The molecule has 0 aliphatic heterocycles. The molecular weight excluding hydrogens is 218 g/mol. The Kier molecular flexibility index (Phi) is 2.96. The van der Waals surface area contributed by atoms with Crippen LogP contribution >= 0.6 is 0 Å². The first kappa shape index (κ1) is 11.8.